The van der Waals surface area contributed by atoms with Gasteiger partial charge in [-0.25, -0.2) is 4.98 Å². The van der Waals surface area contributed by atoms with E-state index in [1.54, 1.807) is 0 Å². The van der Waals surface area contributed by atoms with E-state index >= 15 is 0 Å². The Morgan fingerprint density at radius 3 is 3.00 bits per heavy atom. The van der Waals surface area contributed by atoms with E-state index in [1.807, 2.05) is 31.3 Å². The molecule has 1 atom stereocenters. The Balaban J connectivity index is 1.80. The van der Waals surface area contributed by atoms with Crippen LogP contribution in [-0.2, 0) is 0 Å². The highest BCUT2D eigenvalue weighted by atomic mass is 79.9. The highest BCUT2D eigenvalue weighted by Crippen LogP contribution is 2.25. The molecular formula is C19H19BrN4O. The molecule has 1 unspecified atom stereocenters. The van der Waals surface area contributed by atoms with Crippen LogP contribution in [0.3, 0.4) is 0 Å². The molecule has 0 radical (unpaired) electrons. The van der Waals surface area contributed by atoms with Crippen molar-refractivity contribution in [3.63, 3.8) is 0 Å². The first-order chi connectivity index (χ1) is 12.0. The van der Waals surface area contributed by atoms with Crippen LogP contribution in [0.2, 0.25) is 0 Å². The monoisotopic (exact) mass is 398 g/mol. The molecule has 1 aliphatic carbocycles. The molecule has 1 aliphatic rings. The lowest BCUT2D eigenvalue weighted by Gasteiger charge is -2.16. The standard InChI is InChI=1S/C19H19BrN4O/c1-11-3-5-13(6-4-11)10-21-24-12(2)22-17-15-9-14(20)7-8-16(15)23-18(17)19(24)25/h3,7-10,13,23H,4-6H2,1-2H3/b21-10+. The Bertz CT molecular complexity index is 1090. The molecule has 0 fully saturated rings. The Morgan fingerprint density at radius 1 is 1.40 bits per heavy atom. The topological polar surface area (TPSA) is 63.0 Å². The van der Waals surface area contributed by atoms with E-state index in [-0.39, 0.29) is 5.56 Å². The summed E-state index contributed by atoms with van der Waals surface area (Å²) in [6, 6.07) is 5.87. The molecule has 4 rings (SSSR count). The first-order valence-electron chi connectivity index (χ1n) is 8.43. The van der Waals surface area contributed by atoms with Crippen LogP contribution in [0.5, 0.6) is 0 Å². The number of hydrogen-bond acceptors (Lipinski definition) is 3. The molecule has 3 aromatic rings. The second-order valence-electron chi connectivity index (χ2n) is 6.66. The summed E-state index contributed by atoms with van der Waals surface area (Å²) >= 11 is 3.47. The lowest BCUT2D eigenvalue weighted by molar-refractivity contribution is 0.601. The minimum Gasteiger partial charge on any atom is -0.349 e. The van der Waals surface area contributed by atoms with Crippen molar-refractivity contribution in [2.24, 2.45) is 11.0 Å². The van der Waals surface area contributed by atoms with E-state index in [4.69, 9.17) is 0 Å². The first-order valence-corrected chi connectivity index (χ1v) is 9.23. The van der Waals surface area contributed by atoms with Gasteiger partial charge in [0.05, 0.1) is 0 Å². The molecule has 5 nitrogen and oxygen atoms in total. The number of benzene rings is 1. The molecule has 25 heavy (non-hydrogen) atoms. The number of rotatable bonds is 2. The number of fused-ring (bicyclic) bond motifs is 3. The van der Waals surface area contributed by atoms with Gasteiger partial charge in [0, 0.05) is 21.6 Å². The molecule has 0 saturated heterocycles. The maximum absolute atomic E-state index is 12.9. The van der Waals surface area contributed by atoms with Crippen LogP contribution in [0.1, 0.15) is 32.0 Å². The van der Waals surface area contributed by atoms with E-state index in [2.05, 4.69) is 44.0 Å². The minimum absolute atomic E-state index is 0.159. The molecule has 0 amide bonds. The lowest BCUT2D eigenvalue weighted by Crippen LogP contribution is -2.21. The SMILES string of the molecule is CC1=CCC(/C=N/n2c(C)nc3c([nH]c4ccc(Br)cc43)c2=O)CC1. The Labute approximate surface area is 153 Å². The number of aromatic amines is 1. The molecular weight excluding hydrogens is 380 g/mol. The molecule has 128 valence electrons. The van der Waals surface area contributed by atoms with Gasteiger partial charge in [0.25, 0.3) is 5.56 Å². The van der Waals surface area contributed by atoms with E-state index < -0.39 is 0 Å². The Hall–Kier alpha value is -2.21. The molecule has 0 bridgehead atoms. The maximum atomic E-state index is 12.9. The van der Waals surface area contributed by atoms with Crippen LogP contribution in [0.25, 0.3) is 21.9 Å². The molecule has 2 heterocycles. The van der Waals surface area contributed by atoms with Crippen molar-refractivity contribution in [2.45, 2.75) is 33.1 Å². The van der Waals surface area contributed by atoms with Gasteiger partial charge in [-0.2, -0.15) is 9.78 Å². The Morgan fingerprint density at radius 2 is 2.24 bits per heavy atom. The fourth-order valence-electron chi connectivity index (χ4n) is 3.30. The molecule has 6 heteroatoms. The fraction of sp³-hybridized carbons (Fsp3) is 0.316. The molecule has 2 aromatic heterocycles. The second-order valence-corrected chi connectivity index (χ2v) is 7.58. The lowest BCUT2D eigenvalue weighted by atomic mass is 9.91. The van der Waals surface area contributed by atoms with E-state index in [0.717, 1.165) is 34.6 Å². The van der Waals surface area contributed by atoms with E-state index in [9.17, 15) is 4.79 Å². The number of halogens is 1. The summed E-state index contributed by atoms with van der Waals surface area (Å²) in [5, 5.41) is 5.39. The van der Waals surface area contributed by atoms with Gasteiger partial charge >= 0.3 is 0 Å². The maximum Gasteiger partial charge on any atom is 0.298 e. The van der Waals surface area contributed by atoms with Crippen molar-refractivity contribution in [3.8, 4) is 0 Å². The number of allylic oxidation sites excluding steroid dienone is 2. The average molecular weight is 399 g/mol. The molecule has 0 saturated carbocycles. The van der Waals surface area contributed by atoms with Gasteiger partial charge in [-0.05, 0) is 57.2 Å². The average Bonchev–Trinajstić information content (AvgIpc) is 2.94. The highest BCUT2D eigenvalue weighted by Gasteiger charge is 2.14. The summed E-state index contributed by atoms with van der Waals surface area (Å²) in [7, 11) is 0. The summed E-state index contributed by atoms with van der Waals surface area (Å²) in [4.78, 5) is 20.7. The number of hydrogen-bond donors (Lipinski definition) is 1. The quantitative estimate of drug-likeness (QED) is 0.508. The molecule has 0 aliphatic heterocycles. The number of aryl methyl sites for hydroxylation is 1. The highest BCUT2D eigenvalue weighted by molar-refractivity contribution is 9.10. The number of nitrogens with zero attached hydrogens (tertiary/aromatic N) is 3. The van der Waals surface area contributed by atoms with Crippen LogP contribution in [0, 0.1) is 12.8 Å². The van der Waals surface area contributed by atoms with Crippen LogP contribution in [0.4, 0.5) is 0 Å². The van der Waals surface area contributed by atoms with Crippen LogP contribution in [-0.4, -0.2) is 20.9 Å². The van der Waals surface area contributed by atoms with Crippen LogP contribution in [0.15, 0.2) is 44.2 Å². The van der Waals surface area contributed by atoms with Gasteiger partial charge in [-0.3, -0.25) is 4.79 Å². The van der Waals surface area contributed by atoms with Crippen molar-refractivity contribution in [2.75, 3.05) is 0 Å². The zero-order chi connectivity index (χ0) is 17.6. The fourth-order valence-corrected chi connectivity index (χ4v) is 3.66. The molecule has 1 aromatic carbocycles. The normalized spacial score (nSPS) is 18.4. The van der Waals surface area contributed by atoms with Crippen LogP contribution < -0.4 is 5.56 Å². The summed E-state index contributed by atoms with van der Waals surface area (Å²) in [6.45, 7) is 3.98. The van der Waals surface area contributed by atoms with Gasteiger partial charge in [0.2, 0.25) is 0 Å². The van der Waals surface area contributed by atoms with Crippen molar-refractivity contribution in [3.05, 3.63) is 50.5 Å². The van der Waals surface area contributed by atoms with Gasteiger partial charge in [0.15, 0.2) is 0 Å². The van der Waals surface area contributed by atoms with Gasteiger partial charge in [-0.15, -0.1) is 0 Å². The van der Waals surface area contributed by atoms with Crippen molar-refractivity contribution >= 4 is 44.1 Å². The number of nitrogens with one attached hydrogen (secondary N) is 1. The largest absolute Gasteiger partial charge is 0.349 e. The van der Waals surface area contributed by atoms with E-state index in [0.29, 0.717) is 22.8 Å². The third-order valence-electron chi connectivity index (χ3n) is 4.79. The van der Waals surface area contributed by atoms with Crippen molar-refractivity contribution in [1.29, 1.82) is 0 Å². The minimum atomic E-state index is -0.159. The van der Waals surface area contributed by atoms with Gasteiger partial charge in [0.1, 0.15) is 16.9 Å². The predicted molar refractivity (Wildman–Crippen MR) is 105 cm³/mol. The predicted octanol–water partition coefficient (Wildman–Crippen LogP) is 4.53. The number of aromatic nitrogens is 3. The first kappa shape index (κ1) is 16.3. The van der Waals surface area contributed by atoms with Crippen molar-refractivity contribution in [1.82, 2.24) is 14.6 Å². The third kappa shape index (κ3) is 2.95. The van der Waals surface area contributed by atoms with Crippen LogP contribution >= 0.6 is 15.9 Å². The molecule has 0 spiro atoms. The zero-order valence-electron chi connectivity index (χ0n) is 14.2. The number of H-pyrrole nitrogens is 1. The third-order valence-corrected chi connectivity index (χ3v) is 5.28. The summed E-state index contributed by atoms with van der Waals surface area (Å²) in [5.74, 6) is 0.974. The smallest absolute Gasteiger partial charge is 0.298 e. The van der Waals surface area contributed by atoms with Gasteiger partial charge in [-0.1, -0.05) is 27.6 Å². The van der Waals surface area contributed by atoms with Gasteiger partial charge < -0.3 is 4.98 Å². The van der Waals surface area contributed by atoms with E-state index in [1.165, 1.54) is 10.2 Å². The summed E-state index contributed by atoms with van der Waals surface area (Å²) in [5.41, 5.74) is 3.37. The molecule has 1 N–H and O–H groups in total. The zero-order valence-corrected chi connectivity index (χ0v) is 15.8. The summed E-state index contributed by atoms with van der Waals surface area (Å²) < 4.78 is 2.36. The second kappa shape index (κ2) is 6.26. The van der Waals surface area contributed by atoms with Crippen molar-refractivity contribution < 1.29 is 0 Å². The summed E-state index contributed by atoms with van der Waals surface area (Å²) in [6.07, 6.45) is 7.31. The Kier molecular flexibility index (Phi) is 4.07.